The van der Waals surface area contributed by atoms with E-state index in [-0.39, 0.29) is 27.0 Å². The van der Waals surface area contributed by atoms with Crippen LogP contribution in [0.4, 0.5) is 0 Å². The summed E-state index contributed by atoms with van der Waals surface area (Å²) in [5, 5.41) is 7.47. The molecular weight excluding hydrogens is 820 g/mol. The van der Waals surface area contributed by atoms with E-state index in [9.17, 15) is 0 Å². The van der Waals surface area contributed by atoms with E-state index in [1.54, 1.807) is 0 Å². The molecule has 0 fully saturated rings. The van der Waals surface area contributed by atoms with Gasteiger partial charge in [-0.15, -0.1) is 41.3 Å². The second kappa shape index (κ2) is 16.0. The molecule has 268 valence electrons. The Morgan fingerprint density at radius 3 is 2.25 bits per heavy atom. The number of hydrogen-bond donors (Lipinski definition) is 0. The Morgan fingerprint density at radius 2 is 1.50 bits per heavy atom. The maximum Gasteiger partial charge on any atom is 2.00 e. The van der Waals surface area contributed by atoms with Crippen LogP contribution in [0.25, 0.3) is 44.4 Å². The molecule has 0 N–H and O–H groups in total. The Kier molecular flexibility index (Phi) is 11.5. The number of rotatable bonds is 12. The summed E-state index contributed by atoms with van der Waals surface area (Å²) in [5.74, 6) is 2.47. The number of nitrogens with zero attached hydrogens (tertiary/aromatic N) is 4. The fourth-order valence-electron chi connectivity index (χ4n) is 7.34. The van der Waals surface area contributed by atoms with Gasteiger partial charge >= 0.3 is 21.1 Å². The normalized spacial score (nSPS) is 11.5. The monoisotopic (exact) mass is 867 g/mol. The van der Waals surface area contributed by atoms with Crippen LogP contribution in [-0.4, -0.2) is 19.3 Å². The number of pyridine rings is 1. The molecule has 4 aromatic carbocycles. The van der Waals surface area contributed by atoms with Crippen molar-refractivity contribution in [3.8, 4) is 34.1 Å². The third kappa shape index (κ3) is 7.26. The average Bonchev–Trinajstić information content (AvgIpc) is 3.63. The van der Waals surface area contributed by atoms with Crippen molar-refractivity contribution in [2.45, 2.75) is 92.9 Å². The molecule has 3 heterocycles. The molecule has 5 nitrogen and oxygen atoms in total. The van der Waals surface area contributed by atoms with Gasteiger partial charge in [-0.3, -0.25) is 4.68 Å². The van der Waals surface area contributed by atoms with Crippen LogP contribution in [-0.2, 0) is 33.9 Å². The maximum atomic E-state index is 6.70. The van der Waals surface area contributed by atoms with Crippen LogP contribution in [0.1, 0.15) is 92.9 Å². The summed E-state index contributed by atoms with van der Waals surface area (Å²) in [6, 6.07) is 35.1. The van der Waals surface area contributed by atoms with E-state index in [2.05, 4.69) is 143 Å². The third-order valence-electron chi connectivity index (χ3n) is 10.0. The molecule has 6 heteroatoms. The van der Waals surface area contributed by atoms with Gasteiger partial charge in [0.1, 0.15) is 5.82 Å². The van der Waals surface area contributed by atoms with Crippen LogP contribution in [0.15, 0.2) is 85.1 Å². The molecule has 0 saturated carbocycles. The molecular formula is C46H48N4OPt. The van der Waals surface area contributed by atoms with Gasteiger partial charge in [0.25, 0.3) is 0 Å². The fourth-order valence-corrected chi connectivity index (χ4v) is 7.34. The molecule has 0 saturated heterocycles. The molecule has 52 heavy (non-hydrogen) atoms. The van der Waals surface area contributed by atoms with Crippen molar-refractivity contribution in [2.75, 3.05) is 0 Å². The Bertz CT molecular complexity index is 2330. The van der Waals surface area contributed by atoms with Gasteiger partial charge in [0.15, 0.2) is 0 Å². The number of aryl methyl sites for hydroxylation is 4. The number of benzene rings is 4. The van der Waals surface area contributed by atoms with Crippen molar-refractivity contribution >= 4 is 21.8 Å². The van der Waals surface area contributed by atoms with E-state index in [0.29, 0.717) is 11.5 Å². The molecule has 7 rings (SSSR count). The van der Waals surface area contributed by atoms with Crippen LogP contribution in [0.3, 0.4) is 0 Å². The van der Waals surface area contributed by atoms with Crippen LogP contribution >= 0.6 is 0 Å². The zero-order valence-electron chi connectivity index (χ0n) is 31.4. The largest absolute Gasteiger partial charge is 2.00 e. The van der Waals surface area contributed by atoms with E-state index in [1.165, 1.54) is 44.5 Å². The molecule has 0 unspecified atom stereocenters. The molecule has 0 aliphatic heterocycles. The number of unbranched alkanes of at least 4 members (excludes halogenated alkanes) is 2. The summed E-state index contributed by atoms with van der Waals surface area (Å²) in [6.45, 7) is 15.4. The molecule has 0 spiro atoms. The van der Waals surface area contributed by atoms with E-state index in [1.807, 2.05) is 12.3 Å². The van der Waals surface area contributed by atoms with Gasteiger partial charge in [0, 0.05) is 34.5 Å². The minimum atomic E-state index is 0. The molecule has 7 aromatic rings. The zero-order chi connectivity index (χ0) is 35.6. The standard InChI is InChI=1S/C46H48N4O.Pt/c1-8-10-17-34-23-24-47-44(25-34)49-41-20-13-12-18-39(41)40-22-21-37(29-43(40)49)51-38-27-35(30(3)4)26-36(28-38)50-42(19-11-9-2)46(33(7)48-50)45-31(5)15-14-16-32(45)6;/h12-16,18,20-27,30H,8-11,17,19H2,1-7H3;/q-2;+2. The molecule has 0 bridgehead atoms. The molecule has 0 aliphatic rings. The minimum Gasteiger partial charge on any atom is -0.509 e. The van der Waals surface area contributed by atoms with Gasteiger partial charge in [0.2, 0.25) is 0 Å². The predicted molar refractivity (Wildman–Crippen MR) is 211 cm³/mol. The zero-order valence-corrected chi connectivity index (χ0v) is 33.7. The van der Waals surface area contributed by atoms with Crippen molar-refractivity contribution in [3.05, 3.63) is 131 Å². The minimum absolute atomic E-state index is 0. The van der Waals surface area contributed by atoms with Crippen molar-refractivity contribution < 1.29 is 25.8 Å². The van der Waals surface area contributed by atoms with Gasteiger partial charge in [0.05, 0.1) is 5.69 Å². The Morgan fingerprint density at radius 1 is 0.750 bits per heavy atom. The smallest absolute Gasteiger partial charge is 0.509 e. The summed E-state index contributed by atoms with van der Waals surface area (Å²) in [7, 11) is 0. The van der Waals surface area contributed by atoms with Gasteiger partial charge in [-0.05, 0) is 104 Å². The van der Waals surface area contributed by atoms with Crippen LogP contribution in [0.2, 0.25) is 0 Å². The summed E-state index contributed by atoms with van der Waals surface area (Å²) in [5.41, 5.74) is 12.7. The Labute approximate surface area is 323 Å². The summed E-state index contributed by atoms with van der Waals surface area (Å²) < 4.78 is 11.0. The first-order valence-corrected chi connectivity index (χ1v) is 18.6. The summed E-state index contributed by atoms with van der Waals surface area (Å²) >= 11 is 0. The van der Waals surface area contributed by atoms with Gasteiger partial charge in [-0.1, -0.05) is 82.5 Å². The SMILES string of the molecule is CCCCc1ccnc(-n2c3[c-]c(Oc4[c-]c(-n5nc(C)c(-c6c(C)cccc6C)c5CCCC)cc(C(C)C)c4)ccc3c3ccccc32)c1.[Pt+2]. The summed E-state index contributed by atoms with van der Waals surface area (Å²) in [6.07, 6.45) is 8.38. The van der Waals surface area contributed by atoms with Crippen molar-refractivity contribution in [3.63, 3.8) is 0 Å². The van der Waals surface area contributed by atoms with Gasteiger partial charge < -0.3 is 9.30 Å². The molecule has 0 aliphatic carbocycles. The fraction of sp³-hybridized carbons (Fsp3) is 0.304. The maximum absolute atomic E-state index is 6.70. The molecule has 0 atom stereocenters. The second-order valence-electron chi connectivity index (χ2n) is 14.2. The van der Waals surface area contributed by atoms with Crippen LogP contribution in [0, 0.1) is 32.9 Å². The van der Waals surface area contributed by atoms with E-state index in [4.69, 9.17) is 14.8 Å². The Balaban J connectivity index is 0.00000464. The number of para-hydroxylation sites is 1. The molecule has 0 radical (unpaired) electrons. The van der Waals surface area contributed by atoms with Crippen LogP contribution in [0.5, 0.6) is 11.5 Å². The number of hydrogen-bond acceptors (Lipinski definition) is 3. The first kappa shape index (κ1) is 37.3. The predicted octanol–water partition coefficient (Wildman–Crippen LogP) is 12.2. The van der Waals surface area contributed by atoms with E-state index >= 15 is 0 Å². The first-order chi connectivity index (χ1) is 24.8. The van der Waals surface area contributed by atoms with E-state index in [0.717, 1.165) is 72.1 Å². The van der Waals surface area contributed by atoms with Crippen molar-refractivity contribution in [1.82, 2.24) is 19.3 Å². The third-order valence-corrected chi connectivity index (χ3v) is 10.0. The number of aromatic nitrogens is 4. The van der Waals surface area contributed by atoms with E-state index < -0.39 is 0 Å². The molecule has 3 aromatic heterocycles. The van der Waals surface area contributed by atoms with Crippen molar-refractivity contribution in [2.24, 2.45) is 0 Å². The van der Waals surface area contributed by atoms with Crippen LogP contribution < -0.4 is 4.74 Å². The Hall–Kier alpha value is -4.47. The van der Waals surface area contributed by atoms with Gasteiger partial charge in [-0.2, -0.15) is 11.2 Å². The number of fused-ring (bicyclic) bond motifs is 3. The number of ether oxygens (including phenoxy) is 1. The molecule has 0 amide bonds. The van der Waals surface area contributed by atoms with Gasteiger partial charge in [-0.25, -0.2) is 4.98 Å². The average molecular weight is 868 g/mol. The first-order valence-electron chi connectivity index (χ1n) is 18.6. The quantitative estimate of drug-likeness (QED) is 0.115. The topological polar surface area (TPSA) is 44.9 Å². The second-order valence-corrected chi connectivity index (χ2v) is 14.2. The van der Waals surface area contributed by atoms with Crippen molar-refractivity contribution in [1.29, 1.82) is 0 Å². The summed E-state index contributed by atoms with van der Waals surface area (Å²) in [4.78, 5) is 4.84.